The number of hydrogen-bond donors (Lipinski definition) is 3. The summed E-state index contributed by atoms with van der Waals surface area (Å²) in [5, 5.41) is 6.46. The van der Waals surface area contributed by atoms with Gasteiger partial charge >= 0.3 is 0 Å². The number of carbonyl (C=O) groups excluding carboxylic acids is 1. The van der Waals surface area contributed by atoms with Gasteiger partial charge in [-0.05, 0) is 59.5 Å². The Hall–Kier alpha value is -2.35. The van der Waals surface area contributed by atoms with Crippen LogP contribution >= 0.6 is 15.9 Å². The van der Waals surface area contributed by atoms with Crippen molar-refractivity contribution in [1.29, 1.82) is 0 Å². The molecule has 0 unspecified atom stereocenters. The van der Waals surface area contributed by atoms with E-state index >= 15 is 0 Å². The molecule has 4 N–H and O–H groups in total. The average molecular weight is 433 g/mol. The highest BCUT2D eigenvalue weighted by atomic mass is 79.9. The van der Waals surface area contributed by atoms with Crippen LogP contribution in [0.2, 0.25) is 0 Å². The minimum atomic E-state index is 0.251. The fourth-order valence-electron chi connectivity index (χ4n) is 2.85. The normalized spacial score (nSPS) is 13.7. The van der Waals surface area contributed by atoms with E-state index in [2.05, 4.69) is 36.5 Å². The summed E-state index contributed by atoms with van der Waals surface area (Å²) in [4.78, 5) is 22.8. The summed E-state index contributed by atoms with van der Waals surface area (Å²) in [6.45, 7) is 1.46. The summed E-state index contributed by atoms with van der Waals surface area (Å²) >= 11 is 3.47. The maximum atomic E-state index is 12.1. The standard InChI is InChI=1S/C19H25BrN6O/c1-26(18(27)13-4-2-5-13)11-3-10-22-17-16(20)12-23-19(25-17)24-15-8-6-14(21)7-9-15/h6-9,12-13H,2-5,10-11,21H2,1H3,(H2,22,23,24,25). The summed E-state index contributed by atoms with van der Waals surface area (Å²) in [7, 11) is 1.88. The number of rotatable bonds is 8. The zero-order valence-corrected chi connectivity index (χ0v) is 17.0. The molecule has 3 rings (SSSR count). The van der Waals surface area contributed by atoms with Gasteiger partial charge in [-0.3, -0.25) is 4.79 Å². The van der Waals surface area contributed by atoms with Crippen molar-refractivity contribution in [3.05, 3.63) is 34.9 Å². The average Bonchev–Trinajstić information content (AvgIpc) is 2.61. The first-order valence-electron chi connectivity index (χ1n) is 9.17. The van der Waals surface area contributed by atoms with E-state index in [1.165, 1.54) is 6.42 Å². The Morgan fingerprint density at radius 3 is 2.74 bits per heavy atom. The molecule has 0 spiro atoms. The van der Waals surface area contributed by atoms with Gasteiger partial charge in [0.25, 0.3) is 0 Å². The molecule has 1 aromatic heterocycles. The van der Waals surface area contributed by atoms with Crippen molar-refractivity contribution in [3.8, 4) is 0 Å². The van der Waals surface area contributed by atoms with Crippen molar-refractivity contribution in [2.24, 2.45) is 5.92 Å². The maximum Gasteiger partial charge on any atom is 0.229 e. The Morgan fingerprint density at radius 2 is 2.07 bits per heavy atom. The number of nitrogens with two attached hydrogens (primary N) is 1. The van der Waals surface area contributed by atoms with E-state index in [0.717, 1.165) is 48.3 Å². The van der Waals surface area contributed by atoms with Crippen LogP contribution in [0.3, 0.4) is 0 Å². The molecule has 1 aromatic carbocycles. The van der Waals surface area contributed by atoms with Crippen LogP contribution < -0.4 is 16.4 Å². The zero-order chi connectivity index (χ0) is 19.2. The molecule has 0 radical (unpaired) electrons. The molecule has 1 aliphatic rings. The second kappa shape index (κ2) is 9.03. The highest BCUT2D eigenvalue weighted by molar-refractivity contribution is 9.10. The van der Waals surface area contributed by atoms with Gasteiger partial charge in [-0.15, -0.1) is 0 Å². The molecule has 8 heteroatoms. The molecule has 2 aromatic rings. The molecule has 1 fully saturated rings. The summed E-state index contributed by atoms with van der Waals surface area (Å²) in [6.07, 6.45) is 5.83. The molecular formula is C19H25BrN6O. The maximum absolute atomic E-state index is 12.1. The molecule has 1 saturated carbocycles. The zero-order valence-electron chi connectivity index (χ0n) is 15.4. The minimum Gasteiger partial charge on any atom is -0.399 e. The lowest BCUT2D eigenvalue weighted by molar-refractivity contribution is -0.136. The smallest absolute Gasteiger partial charge is 0.229 e. The van der Waals surface area contributed by atoms with Crippen molar-refractivity contribution >= 4 is 45.0 Å². The highest BCUT2D eigenvalue weighted by Gasteiger charge is 2.27. The number of halogens is 1. The summed E-state index contributed by atoms with van der Waals surface area (Å²) < 4.78 is 0.796. The molecule has 1 heterocycles. The number of hydrogen-bond acceptors (Lipinski definition) is 6. The van der Waals surface area contributed by atoms with Crippen LogP contribution in [0.1, 0.15) is 25.7 Å². The molecule has 7 nitrogen and oxygen atoms in total. The molecule has 1 amide bonds. The number of nitrogen functional groups attached to an aromatic ring is 1. The van der Waals surface area contributed by atoms with E-state index in [9.17, 15) is 4.79 Å². The van der Waals surface area contributed by atoms with Gasteiger partial charge in [0, 0.05) is 43.6 Å². The van der Waals surface area contributed by atoms with Crippen molar-refractivity contribution in [2.45, 2.75) is 25.7 Å². The number of aromatic nitrogens is 2. The number of carbonyl (C=O) groups is 1. The predicted octanol–water partition coefficient (Wildman–Crippen LogP) is 3.63. The predicted molar refractivity (Wildman–Crippen MR) is 112 cm³/mol. The summed E-state index contributed by atoms with van der Waals surface area (Å²) in [5.74, 6) is 1.75. The van der Waals surface area contributed by atoms with Crippen molar-refractivity contribution in [3.63, 3.8) is 0 Å². The number of nitrogens with zero attached hydrogens (tertiary/aromatic N) is 3. The molecule has 0 atom stereocenters. The topological polar surface area (TPSA) is 96.2 Å². The Morgan fingerprint density at radius 1 is 1.33 bits per heavy atom. The molecule has 0 aliphatic heterocycles. The van der Waals surface area contributed by atoms with Gasteiger partial charge in [0.05, 0.1) is 4.47 Å². The highest BCUT2D eigenvalue weighted by Crippen LogP contribution is 2.28. The van der Waals surface area contributed by atoms with Crippen molar-refractivity contribution in [1.82, 2.24) is 14.9 Å². The van der Waals surface area contributed by atoms with Gasteiger partial charge in [0.2, 0.25) is 11.9 Å². The quantitative estimate of drug-likeness (QED) is 0.435. The van der Waals surface area contributed by atoms with E-state index in [-0.39, 0.29) is 11.8 Å². The van der Waals surface area contributed by atoms with Gasteiger partial charge in [-0.2, -0.15) is 4.98 Å². The largest absolute Gasteiger partial charge is 0.399 e. The van der Waals surface area contributed by atoms with Crippen LogP contribution in [0.25, 0.3) is 0 Å². The third-order valence-electron chi connectivity index (χ3n) is 4.70. The van der Waals surface area contributed by atoms with E-state index in [4.69, 9.17) is 5.73 Å². The van der Waals surface area contributed by atoms with Crippen molar-refractivity contribution < 1.29 is 4.79 Å². The fraction of sp³-hybridized carbons (Fsp3) is 0.421. The molecule has 27 heavy (non-hydrogen) atoms. The summed E-state index contributed by atoms with van der Waals surface area (Å²) in [5.41, 5.74) is 7.28. The first kappa shape index (κ1) is 19.4. The Balaban J connectivity index is 1.49. The number of benzene rings is 1. The molecule has 0 bridgehead atoms. The first-order chi connectivity index (χ1) is 13.0. The van der Waals surface area contributed by atoms with Crippen LogP contribution in [0.5, 0.6) is 0 Å². The van der Waals surface area contributed by atoms with Crippen LogP contribution in [-0.4, -0.2) is 40.9 Å². The van der Waals surface area contributed by atoms with Crippen LogP contribution in [0, 0.1) is 5.92 Å². The lowest BCUT2D eigenvalue weighted by Crippen LogP contribution is -2.37. The van der Waals surface area contributed by atoms with Crippen LogP contribution in [0.4, 0.5) is 23.1 Å². The lowest BCUT2D eigenvalue weighted by atomic mass is 9.84. The van der Waals surface area contributed by atoms with Gasteiger partial charge in [0.1, 0.15) is 5.82 Å². The van der Waals surface area contributed by atoms with Crippen LogP contribution in [-0.2, 0) is 4.79 Å². The van der Waals surface area contributed by atoms with Gasteiger partial charge in [0.15, 0.2) is 0 Å². The Labute approximate surface area is 167 Å². The third-order valence-corrected chi connectivity index (χ3v) is 5.28. The SMILES string of the molecule is CN(CCCNc1nc(Nc2ccc(N)cc2)ncc1Br)C(=O)C1CCC1. The van der Waals surface area contributed by atoms with E-state index < -0.39 is 0 Å². The van der Waals surface area contributed by atoms with Crippen LogP contribution in [0.15, 0.2) is 34.9 Å². The second-order valence-electron chi connectivity index (χ2n) is 6.81. The third kappa shape index (κ3) is 5.32. The first-order valence-corrected chi connectivity index (χ1v) is 9.96. The Kier molecular flexibility index (Phi) is 6.49. The van der Waals surface area contributed by atoms with Gasteiger partial charge < -0.3 is 21.3 Å². The van der Waals surface area contributed by atoms with Crippen molar-refractivity contribution in [2.75, 3.05) is 36.5 Å². The molecular weight excluding hydrogens is 408 g/mol. The minimum absolute atomic E-state index is 0.251. The van der Waals surface area contributed by atoms with Gasteiger partial charge in [-0.25, -0.2) is 4.98 Å². The monoisotopic (exact) mass is 432 g/mol. The summed E-state index contributed by atoms with van der Waals surface area (Å²) in [6, 6.07) is 7.40. The lowest BCUT2D eigenvalue weighted by Gasteiger charge is -2.29. The fourth-order valence-corrected chi connectivity index (χ4v) is 3.18. The van der Waals surface area contributed by atoms with E-state index in [1.807, 2.05) is 36.2 Å². The van der Waals surface area contributed by atoms with Gasteiger partial charge in [-0.1, -0.05) is 6.42 Å². The second-order valence-corrected chi connectivity index (χ2v) is 7.66. The van der Waals surface area contributed by atoms with E-state index in [1.54, 1.807) is 6.20 Å². The number of anilines is 4. The van der Waals surface area contributed by atoms with E-state index in [0.29, 0.717) is 11.6 Å². The number of amides is 1. The molecule has 144 valence electrons. The molecule has 0 saturated heterocycles. The molecule has 1 aliphatic carbocycles. The Bertz CT molecular complexity index is 778. The number of nitrogens with one attached hydrogen (secondary N) is 2.